The first-order valence-electron chi connectivity index (χ1n) is 9.62. The Bertz CT molecular complexity index is 607. The summed E-state index contributed by atoms with van der Waals surface area (Å²) in [5.74, 6) is -0.439. The molecule has 1 N–H and O–H groups in total. The van der Waals surface area contributed by atoms with Gasteiger partial charge in [0.25, 0.3) is 0 Å². The molecule has 1 aromatic rings. The summed E-state index contributed by atoms with van der Waals surface area (Å²) in [4.78, 5) is 16.0. The lowest BCUT2D eigenvalue weighted by atomic mass is 9.93. The molecule has 2 aliphatic heterocycles. The minimum Gasteiger partial charge on any atom is -0.475 e. The molecule has 0 amide bonds. The largest absolute Gasteiger partial charge is 0.490 e. The molecular weight excluding hydrogens is 379 g/mol. The molecule has 160 valence electrons. The number of carboxylic acid groups (broad SMARTS) is 1. The lowest BCUT2D eigenvalue weighted by molar-refractivity contribution is -0.192. The molecule has 2 fully saturated rings. The number of aromatic nitrogens is 2. The van der Waals surface area contributed by atoms with Crippen LogP contribution >= 0.6 is 0 Å². The second kappa shape index (κ2) is 10.2. The Morgan fingerprint density at radius 2 is 1.89 bits per heavy atom. The van der Waals surface area contributed by atoms with Crippen LogP contribution in [0.4, 0.5) is 13.2 Å². The predicted molar refractivity (Wildman–Crippen MR) is 93.8 cm³/mol. The number of ether oxygens (including phenoxy) is 1. The molecule has 1 unspecified atom stereocenters. The number of hydrogen-bond donors (Lipinski definition) is 1. The van der Waals surface area contributed by atoms with Crippen molar-refractivity contribution in [3.8, 4) is 0 Å². The number of alkyl halides is 3. The van der Waals surface area contributed by atoms with E-state index in [9.17, 15) is 13.2 Å². The number of piperidine rings is 1. The minimum absolute atomic E-state index is 0.296. The molecule has 10 heteroatoms. The second-order valence-electron chi connectivity index (χ2n) is 7.52. The van der Waals surface area contributed by atoms with E-state index in [2.05, 4.69) is 28.9 Å². The SMILES string of the molecule is CC(C)N1CCC(Cc2nc(CC3CCCO3)no2)CC1.O=C(O)C(F)(F)F. The molecule has 0 radical (unpaired) electrons. The van der Waals surface area contributed by atoms with Gasteiger partial charge in [-0.1, -0.05) is 5.16 Å². The highest BCUT2D eigenvalue weighted by molar-refractivity contribution is 5.73. The minimum atomic E-state index is -5.08. The van der Waals surface area contributed by atoms with E-state index in [-0.39, 0.29) is 0 Å². The molecule has 3 rings (SSSR count). The van der Waals surface area contributed by atoms with Gasteiger partial charge in [-0.15, -0.1) is 0 Å². The topological polar surface area (TPSA) is 88.7 Å². The fraction of sp³-hybridized carbons (Fsp3) is 0.833. The van der Waals surface area contributed by atoms with Crippen LogP contribution in [-0.4, -0.2) is 64.1 Å². The Hall–Kier alpha value is -1.68. The highest BCUT2D eigenvalue weighted by Crippen LogP contribution is 2.23. The maximum Gasteiger partial charge on any atom is 0.490 e. The van der Waals surface area contributed by atoms with Crippen molar-refractivity contribution in [1.29, 1.82) is 0 Å². The van der Waals surface area contributed by atoms with Crippen molar-refractivity contribution in [2.75, 3.05) is 19.7 Å². The summed E-state index contributed by atoms with van der Waals surface area (Å²) in [6.45, 7) is 7.81. The maximum absolute atomic E-state index is 10.6. The van der Waals surface area contributed by atoms with E-state index in [4.69, 9.17) is 19.2 Å². The summed E-state index contributed by atoms with van der Waals surface area (Å²) in [6.07, 6.45) is 1.70. The summed E-state index contributed by atoms with van der Waals surface area (Å²) in [5.41, 5.74) is 0. The third-order valence-corrected chi connectivity index (χ3v) is 5.03. The Morgan fingerprint density at radius 1 is 1.25 bits per heavy atom. The zero-order chi connectivity index (χ0) is 20.7. The molecule has 2 saturated heterocycles. The van der Waals surface area contributed by atoms with Gasteiger partial charge in [0.05, 0.1) is 6.10 Å². The van der Waals surface area contributed by atoms with Crippen LogP contribution in [0, 0.1) is 5.92 Å². The van der Waals surface area contributed by atoms with Crippen molar-refractivity contribution < 1.29 is 32.3 Å². The van der Waals surface area contributed by atoms with E-state index in [1.54, 1.807) is 0 Å². The predicted octanol–water partition coefficient (Wildman–Crippen LogP) is 3.09. The Morgan fingerprint density at radius 3 is 2.39 bits per heavy atom. The summed E-state index contributed by atoms with van der Waals surface area (Å²) in [7, 11) is 0. The summed E-state index contributed by atoms with van der Waals surface area (Å²) >= 11 is 0. The molecule has 0 spiro atoms. The molecular formula is C18H28F3N3O4. The van der Waals surface area contributed by atoms with Crippen molar-refractivity contribution >= 4 is 5.97 Å². The summed E-state index contributed by atoms with van der Waals surface area (Å²) in [5, 5.41) is 11.2. The number of halogens is 3. The number of carboxylic acids is 1. The standard InChI is InChI=1S/C16H27N3O2.C2HF3O2/c1-12(2)19-7-5-13(6-8-19)10-16-17-15(18-21-16)11-14-4-3-9-20-14;3-2(4,5)1(6)7/h12-14H,3-11H2,1-2H3;(H,6,7). The Kier molecular flexibility index (Phi) is 8.23. The van der Waals surface area contributed by atoms with Crippen LogP contribution < -0.4 is 0 Å². The zero-order valence-electron chi connectivity index (χ0n) is 16.2. The molecule has 0 aromatic carbocycles. The maximum atomic E-state index is 10.6. The van der Waals surface area contributed by atoms with Crippen molar-refractivity contribution in [3.63, 3.8) is 0 Å². The Labute approximate surface area is 162 Å². The van der Waals surface area contributed by atoms with Crippen molar-refractivity contribution in [2.45, 2.75) is 70.7 Å². The molecule has 7 nitrogen and oxygen atoms in total. The fourth-order valence-electron chi connectivity index (χ4n) is 3.39. The first kappa shape index (κ1) is 22.6. The van der Waals surface area contributed by atoms with Crippen LogP contribution in [-0.2, 0) is 22.4 Å². The van der Waals surface area contributed by atoms with Gasteiger partial charge >= 0.3 is 12.1 Å². The summed E-state index contributed by atoms with van der Waals surface area (Å²) < 4.78 is 42.8. The Balaban J connectivity index is 0.000000345. The van der Waals surface area contributed by atoms with Crippen LogP contribution in [0.1, 0.15) is 51.2 Å². The van der Waals surface area contributed by atoms with Gasteiger partial charge in [0.2, 0.25) is 5.89 Å². The average Bonchev–Trinajstić information content (AvgIpc) is 3.28. The number of nitrogens with zero attached hydrogens (tertiary/aromatic N) is 3. The zero-order valence-corrected chi connectivity index (χ0v) is 16.2. The van der Waals surface area contributed by atoms with E-state index >= 15 is 0 Å². The van der Waals surface area contributed by atoms with Crippen LogP contribution in [0.25, 0.3) is 0 Å². The normalized spacial score (nSPS) is 21.6. The molecule has 0 bridgehead atoms. The molecule has 1 aromatic heterocycles. The quantitative estimate of drug-likeness (QED) is 0.802. The highest BCUT2D eigenvalue weighted by Gasteiger charge is 2.38. The van der Waals surface area contributed by atoms with Gasteiger partial charge in [-0.25, -0.2) is 4.79 Å². The number of aliphatic carboxylic acids is 1. The first-order chi connectivity index (χ1) is 13.1. The molecule has 28 heavy (non-hydrogen) atoms. The van der Waals surface area contributed by atoms with Gasteiger partial charge in [-0.05, 0) is 58.5 Å². The van der Waals surface area contributed by atoms with Crippen LogP contribution in [0.5, 0.6) is 0 Å². The van der Waals surface area contributed by atoms with Crippen LogP contribution in [0.15, 0.2) is 4.52 Å². The van der Waals surface area contributed by atoms with Gasteiger partial charge in [0, 0.05) is 25.5 Å². The summed E-state index contributed by atoms with van der Waals surface area (Å²) in [6, 6.07) is 0.660. The van der Waals surface area contributed by atoms with Gasteiger partial charge < -0.3 is 19.3 Å². The molecule has 0 saturated carbocycles. The van der Waals surface area contributed by atoms with Crippen LogP contribution in [0.2, 0.25) is 0 Å². The number of hydrogen-bond acceptors (Lipinski definition) is 6. The van der Waals surface area contributed by atoms with Gasteiger partial charge in [-0.2, -0.15) is 18.2 Å². The molecule has 3 heterocycles. The van der Waals surface area contributed by atoms with E-state index in [1.807, 2.05) is 0 Å². The molecule has 1 atom stereocenters. The third-order valence-electron chi connectivity index (χ3n) is 5.03. The average molecular weight is 407 g/mol. The van der Waals surface area contributed by atoms with E-state index < -0.39 is 12.1 Å². The van der Waals surface area contributed by atoms with Crippen molar-refractivity contribution in [2.24, 2.45) is 5.92 Å². The smallest absolute Gasteiger partial charge is 0.475 e. The number of carbonyl (C=O) groups is 1. The van der Waals surface area contributed by atoms with Crippen molar-refractivity contribution in [1.82, 2.24) is 15.0 Å². The third kappa shape index (κ3) is 7.38. The lowest BCUT2D eigenvalue weighted by Gasteiger charge is -2.34. The fourth-order valence-corrected chi connectivity index (χ4v) is 3.39. The van der Waals surface area contributed by atoms with Gasteiger partial charge in [-0.3, -0.25) is 0 Å². The van der Waals surface area contributed by atoms with E-state index in [1.165, 1.54) is 25.9 Å². The molecule has 0 aliphatic carbocycles. The lowest BCUT2D eigenvalue weighted by Crippen LogP contribution is -2.38. The van der Waals surface area contributed by atoms with E-state index in [0.717, 1.165) is 44.0 Å². The second-order valence-corrected chi connectivity index (χ2v) is 7.52. The highest BCUT2D eigenvalue weighted by atomic mass is 19.4. The van der Waals surface area contributed by atoms with Gasteiger partial charge in [0.15, 0.2) is 5.82 Å². The first-order valence-corrected chi connectivity index (χ1v) is 9.62. The monoisotopic (exact) mass is 407 g/mol. The van der Waals surface area contributed by atoms with E-state index in [0.29, 0.717) is 18.1 Å². The molecule has 2 aliphatic rings. The van der Waals surface area contributed by atoms with Crippen molar-refractivity contribution in [3.05, 3.63) is 11.7 Å². The number of rotatable bonds is 5. The number of likely N-dealkylation sites (tertiary alicyclic amines) is 1. The van der Waals surface area contributed by atoms with Crippen LogP contribution in [0.3, 0.4) is 0 Å². The van der Waals surface area contributed by atoms with Gasteiger partial charge in [0.1, 0.15) is 0 Å².